The van der Waals surface area contributed by atoms with Crippen LogP contribution in [-0.4, -0.2) is 43.2 Å². The average Bonchev–Trinajstić information content (AvgIpc) is 2.94. The molecule has 0 unspecified atom stereocenters. The van der Waals surface area contributed by atoms with Gasteiger partial charge in [0, 0.05) is 25.2 Å². The smallest absolute Gasteiger partial charge is 0.411 e. The quantitative estimate of drug-likeness (QED) is 0.929. The van der Waals surface area contributed by atoms with Crippen molar-refractivity contribution in [3.05, 3.63) is 71.8 Å². The number of halogens is 1. The van der Waals surface area contributed by atoms with Gasteiger partial charge in [0.05, 0.1) is 0 Å². The Morgan fingerprint density at radius 1 is 1.12 bits per heavy atom. The van der Waals surface area contributed by atoms with Crippen molar-refractivity contribution in [3.8, 4) is 0 Å². The van der Waals surface area contributed by atoms with E-state index in [1.165, 1.54) is 14.1 Å². The topological polar surface area (TPSA) is 58.6 Å². The molecule has 2 aromatic rings. The first-order chi connectivity index (χ1) is 12.0. The van der Waals surface area contributed by atoms with Crippen LogP contribution in [0.25, 0.3) is 0 Å². The third kappa shape index (κ3) is 2.63. The molecule has 2 aromatic carbocycles. The van der Waals surface area contributed by atoms with Gasteiger partial charge in [0.15, 0.2) is 5.60 Å². The van der Waals surface area contributed by atoms with E-state index in [-0.39, 0.29) is 0 Å². The number of nitrogens with one attached hydrogen (secondary N) is 1. The molecule has 130 valence electrons. The number of benzene rings is 2. The predicted octanol–water partition coefficient (Wildman–Crippen LogP) is 2.46. The van der Waals surface area contributed by atoms with Crippen molar-refractivity contribution in [2.75, 3.05) is 14.1 Å². The maximum Gasteiger partial charge on any atom is 0.411 e. The van der Waals surface area contributed by atoms with Gasteiger partial charge in [-0.2, -0.15) is 0 Å². The molecular weight excluding hydrogens is 323 g/mol. The lowest BCUT2D eigenvalue weighted by atomic mass is 9.78. The zero-order valence-corrected chi connectivity index (χ0v) is 14.0. The summed E-state index contributed by atoms with van der Waals surface area (Å²) in [6, 6.07) is 16.7. The first-order valence-electron chi connectivity index (χ1n) is 7.95. The Labute approximate surface area is 145 Å². The van der Waals surface area contributed by atoms with Crippen LogP contribution >= 0.6 is 0 Å². The molecule has 2 amide bonds. The SMILES string of the molecule is CNC(=O)[C@@H](F)[C@@H]1N(C)C(=O)OC1(c1ccccc1)c1ccccc1. The second kappa shape index (κ2) is 6.55. The van der Waals surface area contributed by atoms with E-state index in [0.717, 1.165) is 4.90 Å². The molecule has 25 heavy (non-hydrogen) atoms. The monoisotopic (exact) mass is 342 g/mol. The van der Waals surface area contributed by atoms with Crippen molar-refractivity contribution < 1.29 is 18.7 Å². The lowest BCUT2D eigenvalue weighted by Gasteiger charge is -2.36. The van der Waals surface area contributed by atoms with E-state index < -0.39 is 29.8 Å². The predicted molar refractivity (Wildman–Crippen MR) is 90.7 cm³/mol. The van der Waals surface area contributed by atoms with Crippen LogP contribution in [0.3, 0.4) is 0 Å². The highest BCUT2D eigenvalue weighted by atomic mass is 19.1. The fourth-order valence-corrected chi connectivity index (χ4v) is 3.34. The number of hydrogen-bond acceptors (Lipinski definition) is 3. The van der Waals surface area contributed by atoms with E-state index >= 15 is 4.39 Å². The van der Waals surface area contributed by atoms with E-state index in [1.54, 1.807) is 48.5 Å². The fraction of sp³-hybridized carbons (Fsp3) is 0.263. The minimum atomic E-state index is -1.96. The Bertz CT molecular complexity index is 727. The second-order valence-electron chi connectivity index (χ2n) is 5.91. The van der Waals surface area contributed by atoms with Crippen LogP contribution in [0.1, 0.15) is 11.1 Å². The summed E-state index contributed by atoms with van der Waals surface area (Å²) in [7, 11) is 2.80. The van der Waals surface area contributed by atoms with Crippen LogP contribution in [0.4, 0.5) is 9.18 Å². The summed E-state index contributed by atoms with van der Waals surface area (Å²) in [5.74, 6) is -0.800. The molecule has 1 aliphatic heterocycles. The van der Waals surface area contributed by atoms with Crippen molar-refractivity contribution in [1.82, 2.24) is 10.2 Å². The zero-order valence-electron chi connectivity index (χ0n) is 14.0. The van der Waals surface area contributed by atoms with E-state index in [0.29, 0.717) is 11.1 Å². The number of amides is 2. The highest BCUT2D eigenvalue weighted by molar-refractivity contribution is 5.84. The number of likely N-dealkylation sites (N-methyl/N-ethyl adjacent to an activating group) is 1. The van der Waals surface area contributed by atoms with E-state index in [9.17, 15) is 9.59 Å². The summed E-state index contributed by atoms with van der Waals surface area (Å²) in [6.07, 6.45) is -2.63. The first-order valence-corrected chi connectivity index (χ1v) is 7.95. The maximum absolute atomic E-state index is 15.1. The molecule has 1 N–H and O–H groups in total. The Morgan fingerprint density at radius 2 is 1.60 bits per heavy atom. The highest BCUT2D eigenvalue weighted by Crippen LogP contribution is 2.45. The minimum Gasteiger partial charge on any atom is -0.431 e. The van der Waals surface area contributed by atoms with Crippen molar-refractivity contribution in [2.24, 2.45) is 0 Å². The zero-order chi connectivity index (χ0) is 18.0. The highest BCUT2D eigenvalue weighted by Gasteiger charge is 2.59. The van der Waals surface area contributed by atoms with E-state index in [2.05, 4.69) is 5.32 Å². The largest absolute Gasteiger partial charge is 0.431 e. The van der Waals surface area contributed by atoms with Gasteiger partial charge in [0.25, 0.3) is 5.91 Å². The molecule has 0 spiro atoms. The number of nitrogens with zero attached hydrogens (tertiary/aromatic N) is 1. The molecule has 1 heterocycles. The van der Waals surface area contributed by atoms with E-state index in [4.69, 9.17) is 4.74 Å². The van der Waals surface area contributed by atoms with Crippen molar-refractivity contribution in [3.63, 3.8) is 0 Å². The van der Waals surface area contributed by atoms with Crippen molar-refractivity contribution >= 4 is 12.0 Å². The molecule has 1 saturated heterocycles. The molecule has 3 rings (SSSR count). The van der Waals surface area contributed by atoms with Crippen LogP contribution in [0.15, 0.2) is 60.7 Å². The molecule has 2 atom stereocenters. The number of alkyl halides is 1. The summed E-state index contributed by atoms with van der Waals surface area (Å²) in [6.45, 7) is 0. The van der Waals surface area contributed by atoms with Crippen LogP contribution < -0.4 is 5.32 Å². The number of rotatable bonds is 4. The molecule has 5 nitrogen and oxygen atoms in total. The van der Waals surface area contributed by atoms with Gasteiger partial charge in [-0.05, 0) is 0 Å². The third-order valence-electron chi connectivity index (χ3n) is 4.55. The first kappa shape index (κ1) is 17.0. The maximum atomic E-state index is 15.1. The van der Waals surface area contributed by atoms with Crippen molar-refractivity contribution in [1.29, 1.82) is 0 Å². The molecule has 0 aromatic heterocycles. The Kier molecular flexibility index (Phi) is 4.44. The van der Waals surface area contributed by atoms with Crippen molar-refractivity contribution in [2.45, 2.75) is 17.8 Å². The Morgan fingerprint density at radius 3 is 2.04 bits per heavy atom. The summed E-state index contributed by atoms with van der Waals surface area (Å²) in [4.78, 5) is 25.5. The van der Waals surface area contributed by atoms with Crippen LogP contribution in [0.2, 0.25) is 0 Å². The second-order valence-corrected chi connectivity index (χ2v) is 5.91. The number of carbonyl (C=O) groups excluding carboxylic acids is 2. The summed E-state index contributed by atoms with van der Waals surface area (Å²) in [5, 5.41) is 2.31. The molecule has 0 saturated carbocycles. The van der Waals surface area contributed by atoms with Gasteiger partial charge in [-0.25, -0.2) is 9.18 Å². The van der Waals surface area contributed by atoms with Crippen LogP contribution in [-0.2, 0) is 15.1 Å². The lowest BCUT2D eigenvalue weighted by Crippen LogP contribution is -2.53. The van der Waals surface area contributed by atoms with Crippen LogP contribution in [0, 0.1) is 0 Å². The molecule has 1 aliphatic rings. The molecule has 0 bridgehead atoms. The normalized spacial score (nSPS) is 20.0. The van der Waals surface area contributed by atoms with Gasteiger partial charge in [0.1, 0.15) is 6.04 Å². The van der Waals surface area contributed by atoms with Gasteiger partial charge in [0.2, 0.25) is 6.17 Å². The minimum absolute atomic E-state index is 0.607. The Hall–Kier alpha value is -2.89. The number of ether oxygens (including phenoxy) is 1. The Balaban J connectivity index is 2.25. The summed E-state index contributed by atoms with van der Waals surface area (Å²) in [5.41, 5.74) is -0.203. The number of hydrogen-bond donors (Lipinski definition) is 1. The molecular formula is C19H19FN2O3. The van der Waals surface area contributed by atoms with Crippen LogP contribution in [0.5, 0.6) is 0 Å². The molecule has 0 radical (unpaired) electrons. The molecule has 0 aliphatic carbocycles. The van der Waals surface area contributed by atoms with Gasteiger partial charge < -0.3 is 10.1 Å². The average molecular weight is 342 g/mol. The number of carbonyl (C=O) groups is 2. The summed E-state index contributed by atoms with van der Waals surface area (Å²) >= 11 is 0. The lowest BCUT2D eigenvalue weighted by molar-refractivity contribution is -0.128. The van der Waals surface area contributed by atoms with Gasteiger partial charge >= 0.3 is 6.09 Å². The molecule has 1 fully saturated rings. The van der Waals surface area contributed by atoms with E-state index in [1.807, 2.05) is 12.1 Å². The fourth-order valence-electron chi connectivity index (χ4n) is 3.34. The summed E-state index contributed by atoms with van der Waals surface area (Å²) < 4.78 is 20.8. The van der Waals surface area contributed by atoms with Gasteiger partial charge in [-0.3, -0.25) is 9.69 Å². The van der Waals surface area contributed by atoms with Gasteiger partial charge in [-0.1, -0.05) is 60.7 Å². The number of cyclic esters (lactones) is 1. The third-order valence-corrected chi connectivity index (χ3v) is 4.55. The molecule has 6 heteroatoms. The standard InChI is InChI=1S/C19H19FN2O3/c1-21-17(23)15(20)16-19(25-18(24)22(16)2,13-9-5-3-6-10-13)14-11-7-4-8-12-14/h3-12,15-16H,1-2H3,(H,21,23)/t15-,16-/m0/s1. The van der Waals surface area contributed by atoms with Gasteiger partial charge in [-0.15, -0.1) is 0 Å².